The molecular formula is C20H18ClFN2O3S. The van der Waals surface area contributed by atoms with E-state index in [-0.39, 0.29) is 23.4 Å². The molecule has 2 aromatic carbocycles. The van der Waals surface area contributed by atoms with Gasteiger partial charge in [0.25, 0.3) is 5.91 Å². The fourth-order valence-electron chi connectivity index (χ4n) is 2.72. The van der Waals surface area contributed by atoms with Gasteiger partial charge in [0.05, 0.1) is 12.1 Å². The van der Waals surface area contributed by atoms with Crippen LogP contribution in [0.3, 0.4) is 0 Å². The Morgan fingerprint density at radius 3 is 2.75 bits per heavy atom. The minimum atomic E-state index is -0.394. The zero-order valence-electron chi connectivity index (χ0n) is 15.3. The summed E-state index contributed by atoms with van der Waals surface area (Å²) in [6, 6.07) is 11.1. The van der Waals surface area contributed by atoms with E-state index in [2.05, 4.69) is 5.32 Å². The molecule has 0 aliphatic carbocycles. The number of benzene rings is 2. The number of ether oxygens (including phenoxy) is 1. The van der Waals surface area contributed by atoms with Crippen molar-refractivity contribution >= 4 is 50.5 Å². The molecule has 8 heteroatoms. The van der Waals surface area contributed by atoms with E-state index in [4.69, 9.17) is 16.3 Å². The first kappa shape index (κ1) is 20.1. The van der Waals surface area contributed by atoms with Gasteiger partial charge in [-0.25, -0.2) is 4.39 Å². The van der Waals surface area contributed by atoms with Crippen molar-refractivity contribution in [1.29, 1.82) is 0 Å². The van der Waals surface area contributed by atoms with Crippen molar-refractivity contribution in [1.82, 2.24) is 4.90 Å². The third kappa shape index (κ3) is 4.26. The molecule has 0 bridgehead atoms. The minimum Gasteiger partial charge on any atom is -0.497 e. The molecule has 28 heavy (non-hydrogen) atoms. The van der Waals surface area contributed by atoms with E-state index >= 15 is 0 Å². The van der Waals surface area contributed by atoms with Crippen LogP contribution in [0.2, 0.25) is 5.02 Å². The molecule has 0 saturated carbocycles. The Hall–Kier alpha value is -2.64. The molecule has 1 heterocycles. The van der Waals surface area contributed by atoms with E-state index in [1.165, 1.54) is 17.0 Å². The van der Waals surface area contributed by atoms with E-state index < -0.39 is 5.82 Å². The Morgan fingerprint density at radius 1 is 1.25 bits per heavy atom. The van der Waals surface area contributed by atoms with Crippen LogP contribution in [0, 0.1) is 5.82 Å². The van der Waals surface area contributed by atoms with Crippen molar-refractivity contribution < 1.29 is 18.7 Å². The standard InChI is InChI=1S/C20H18ClFN2O3S/c1-3-24(11-17(25)23-13-5-4-6-14(10-13)27-2)20(26)19-18(21)15-8-7-12(22)9-16(15)28-19/h4-10H,3,11H2,1-2H3,(H,23,25). The molecule has 2 amide bonds. The fourth-order valence-corrected chi connectivity index (χ4v) is 4.23. The summed E-state index contributed by atoms with van der Waals surface area (Å²) in [5.41, 5.74) is 0.572. The fraction of sp³-hybridized carbons (Fsp3) is 0.200. The molecule has 3 rings (SSSR count). The zero-order chi connectivity index (χ0) is 20.3. The first-order chi connectivity index (χ1) is 13.4. The van der Waals surface area contributed by atoms with Crippen LogP contribution in [-0.2, 0) is 4.79 Å². The van der Waals surface area contributed by atoms with Crippen molar-refractivity contribution in [3.05, 3.63) is 58.2 Å². The van der Waals surface area contributed by atoms with E-state index in [1.54, 1.807) is 44.4 Å². The molecule has 5 nitrogen and oxygen atoms in total. The maximum atomic E-state index is 13.4. The third-order valence-corrected chi connectivity index (χ3v) is 5.79. The molecule has 1 aromatic heterocycles. The number of methoxy groups -OCH3 is 1. The highest BCUT2D eigenvalue weighted by molar-refractivity contribution is 7.21. The zero-order valence-corrected chi connectivity index (χ0v) is 16.9. The second kappa shape index (κ2) is 8.58. The van der Waals surface area contributed by atoms with Crippen LogP contribution in [0.4, 0.5) is 10.1 Å². The first-order valence-electron chi connectivity index (χ1n) is 8.53. The van der Waals surface area contributed by atoms with Gasteiger partial charge in [-0.05, 0) is 37.3 Å². The number of halogens is 2. The van der Waals surface area contributed by atoms with Gasteiger partial charge in [-0.2, -0.15) is 0 Å². The number of carbonyl (C=O) groups is 2. The van der Waals surface area contributed by atoms with Gasteiger partial charge in [0.1, 0.15) is 23.0 Å². The number of hydrogen-bond donors (Lipinski definition) is 1. The predicted molar refractivity (Wildman–Crippen MR) is 110 cm³/mol. The highest BCUT2D eigenvalue weighted by atomic mass is 35.5. The summed E-state index contributed by atoms with van der Waals surface area (Å²) in [4.78, 5) is 27.0. The SMILES string of the molecule is CCN(CC(=O)Nc1cccc(OC)c1)C(=O)c1sc2cc(F)ccc2c1Cl. The lowest BCUT2D eigenvalue weighted by molar-refractivity contribution is -0.116. The smallest absolute Gasteiger partial charge is 0.265 e. The normalized spacial score (nSPS) is 10.7. The number of carbonyl (C=O) groups excluding carboxylic acids is 2. The Bertz CT molecular complexity index is 1040. The molecule has 0 atom stereocenters. The molecule has 0 aliphatic heterocycles. The lowest BCUT2D eigenvalue weighted by Gasteiger charge is -2.20. The maximum Gasteiger partial charge on any atom is 0.265 e. The van der Waals surface area contributed by atoms with Gasteiger partial charge in [-0.1, -0.05) is 17.7 Å². The maximum absolute atomic E-state index is 13.4. The first-order valence-corrected chi connectivity index (χ1v) is 9.73. The average Bonchev–Trinajstić information content (AvgIpc) is 3.01. The van der Waals surface area contributed by atoms with Crippen molar-refractivity contribution in [3.8, 4) is 5.75 Å². The van der Waals surface area contributed by atoms with Gasteiger partial charge in [0.2, 0.25) is 5.91 Å². The molecule has 1 N–H and O–H groups in total. The van der Waals surface area contributed by atoms with Crippen molar-refractivity contribution in [2.75, 3.05) is 25.5 Å². The summed E-state index contributed by atoms with van der Waals surface area (Å²) in [7, 11) is 1.54. The highest BCUT2D eigenvalue weighted by Crippen LogP contribution is 2.36. The van der Waals surface area contributed by atoms with Gasteiger partial charge in [-0.15, -0.1) is 11.3 Å². The number of nitrogens with zero attached hydrogens (tertiary/aromatic N) is 1. The monoisotopic (exact) mass is 420 g/mol. The Balaban J connectivity index is 1.76. The van der Waals surface area contributed by atoms with Gasteiger partial charge in [0, 0.05) is 28.4 Å². The van der Waals surface area contributed by atoms with Crippen LogP contribution in [0.15, 0.2) is 42.5 Å². The Labute approximate surface area is 170 Å². The number of hydrogen-bond acceptors (Lipinski definition) is 4. The summed E-state index contributed by atoms with van der Waals surface area (Å²) in [5.74, 6) is -0.485. The molecule has 0 unspecified atom stereocenters. The lowest BCUT2D eigenvalue weighted by atomic mass is 10.2. The summed E-state index contributed by atoms with van der Waals surface area (Å²) in [5, 5.41) is 3.64. The van der Waals surface area contributed by atoms with Crippen LogP contribution < -0.4 is 10.1 Å². The van der Waals surface area contributed by atoms with Crippen LogP contribution in [0.25, 0.3) is 10.1 Å². The number of anilines is 1. The lowest BCUT2D eigenvalue weighted by Crippen LogP contribution is -2.37. The van der Waals surface area contributed by atoms with E-state index in [0.717, 1.165) is 11.3 Å². The number of likely N-dealkylation sites (N-methyl/N-ethyl adjacent to an activating group) is 1. The van der Waals surface area contributed by atoms with E-state index in [9.17, 15) is 14.0 Å². The van der Waals surface area contributed by atoms with Gasteiger partial charge in [-0.3, -0.25) is 9.59 Å². The van der Waals surface area contributed by atoms with Crippen molar-refractivity contribution in [3.63, 3.8) is 0 Å². The predicted octanol–water partition coefficient (Wildman–Crippen LogP) is 4.80. The summed E-state index contributed by atoms with van der Waals surface area (Å²) in [6.45, 7) is 1.96. The molecule has 0 radical (unpaired) electrons. The molecule has 0 saturated heterocycles. The molecule has 0 spiro atoms. The minimum absolute atomic E-state index is 0.133. The number of thiophene rings is 1. The molecule has 3 aromatic rings. The summed E-state index contributed by atoms with van der Waals surface area (Å²) in [6.07, 6.45) is 0. The van der Waals surface area contributed by atoms with Crippen LogP contribution in [0.1, 0.15) is 16.6 Å². The highest BCUT2D eigenvalue weighted by Gasteiger charge is 2.23. The Kier molecular flexibility index (Phi) is 6.16. The summed E-state index contributed by atoms with van der Waals surface area (Å²) < 4.78 is 19.2. The van der Waals surface area contributed by atoms with Crippen LogP contribution >= 0.6 is 22.9 Å². The third-order valence-electron chi connectivity index (χ3n) is 4.14. The van der Waals surface area contributed by atoms with Crippen LogP contribution in [0.5, 0.6) is 5.75 Å². The number of rotatable bonds is 6. The molecule has 0 aliphatic rings. The molecule has 146 valence electrons. The van der Waals surface area contributed by atoms with Crippen molar-refractivity contribution in [2.45, 2.75) is 6.92 Å². The van der Waals surface area contributed by atoms with Gasteiger partial charge >= 0.3 is 0 Å². The Morgan fingerprint density at radius 2 is 2.04 bits per heavy atom. The second-order valence-corrected chi connectivity index (χ2v) is 7.42. The summed E-state index contributed by atoms with van der Waals surface area (Å²) >= 11 is 7.45. The topological polar surface area (TPSA) is 58.6 Å². The van der Waals surface area contributed by atoms with Gasteiger partial charge < -0.3 is 15.0 Å². The quantitative estimate of drug-likeness (QED) is 0.623. The molecule has 0 fully saturated rings. The van der Waals surface area contributed by atoms with Crippen molar-refractivity contribution in [2.24, 2.45) is 0 Å². The second-order valence-electron chi connectivity index (χ2n) is 5.99. The molecular weight excluding hydrogens is 403 g/mol. The number of amides is 2. The van der Waals surface area contributed by atoms with Crippen LogP contribution in [-0.4, -0.2) is 36.9 Å². The number of fused-ring (bicyclic) bond motifs is 1. The largest absolute Gasteiger partial charge is 0.497 e. The van der Waals surface area contributed by atoms with E-state index in [1.807, 2.05) is 0 Å². The van der Waals surface area contributed by atoms with E-state index in [0.29, 0.717) is 32.9 Å². The van der Waals surface area contributed by atoms with Gasteiger partial charge in [0.15, 0.2) is 0 Å². The average molecular weight is 421 g/mol. The number of nitrogens with one attached hydrogen (secondary N) is 1.